The number of piperazine rings is 1. The molecule has 0 spiro atoms. The fraction of sp³-hybridized carbons (Fsp3) is 0.118. The zero-order valence-electron chi connectivity index (χ0n) is 24.3. The van der Waals surface area contributed by atoms with Gasteiger partial charge in [0.1, 0.15) is 5.69 Å². The van der Waals surface area contributed by atoms with Crippen LogP contribution < -0.4 is 10.5 Å². The van der Waals surface area contributed by atoms with Gasteiger partial charge in [-0.3, -0.25) is 14.9 Å². The summed E-state index contributed by atoms with van der Waals surface area (Å²) in [6.07, 6.45) is 0. The van der Waals surface area contributed by atoms with Crippen LogP contribution >= 0.6 is 11.6 Å². The van der Waals surface area contributed by atoms with Gasteiger partial charge in [-0.25, -0.2) is 8.42 Å². The molecule has 0 unspecified atom stereocenters. The molecule has 7 rings (SSSR count). The Hall–Kier alpha value is -5.10. The average molecular weight is 652 g/mol. The molecule has 1 aromatic heterocycles. The lowest BCUT2D eigenvalue weighted by Gasteiger charge is -2.35. The van der Waals surface area contributed by atoms with E-state index in [0.29, 0.717) is 45.8 Å². The number of hydrogen-bond acceptors (Lipinski definition) is 7. The van der Waals surface area contributed by atoms with E-state index in [1.165, 1.54) is 10.4 Å². The van der Waals surface area contributed by atoms with Crippen LogP contribution in [-0.4, -0.2) is 53.6 Å². The topological polar surface area (TPSA) is 119 Å². The van der Waals surface area contributed by atoms with E-state index in [1.54, 1.807) is 78.9 Å². The molecule has 1 aliphatic rings. The quantitative estimate of drug-likeness (QED) is 0.154. The Kier molecular flexibility index (Phi) is 7.52. The van der Waals surface area contributed by atoms with Crippen molar-refractivity contribution in [2.24, 2.45) is 0 Å². The molecule has 1 saturated heterocycles. The van der Waals surface area contributed by atoms with Crippen LogP contribution in [0.5, 0.6) is 0 Å². The highest BCUT2D eigenvalue weighted by molar-refractivity contribution is 7.89. The Bertz CT molecular complexity index is 2320. The summed E-state index contributed by atoms with van der Waals surface area (Å²) in [5.74, 6) is 0. The van der Waals surface area contributed by atoms with E-state index in [1.807, 2.05) is 29.2 Å². The van der Waals surface area contributed by atoms with Gasteiger partial charge in [-0.1, -0.05) is 72.3 Å². The first-order chi connectivity index (χ1) is 22.2. The number of anilines is 1. The van der Waals surface area contributed by atoms with Gasteiger partial charge in [0.25, 0.3) is 11.2 Å². The summed E-state index contributed by atoms with van der Waals surface area (Å²) in [5.41, 5.74) is 1.00. The zero-order chi connectivity index (χ0) is 32.0. The third-order valence-corrected chi connectivity index (χ3v) is 10.4. The first-order valence-electron chi connectivity index (χ1n) is 14.5. The van der Waals surface area contributed by atoms with Crippen molar-refractivity contribution in [1.29, 1.82) is 0 Å². The zero-order valence-corrected chi connectivity index (χ0v) is 25.9. The normalized spacial score (nSPS) is 14.2. The summed E-state index contributed by atoms with van der Waals surface area (Å²) in [6, 6.07) is 31.2. The summed E-state index contributed by atoms with van der Waals surface area (Å²) in [7, 11) is -3.73. The maximum absolute atomic E-state index is 13.8. The second-order valence-corrected chi connectivity index (χ2v) is 13.3. The van der Waals surface area contributed by atoms with Crippen molar-refractivity contribution >= 4 is 54.5 Å². The largest absolute Gasteiger partial charge is 0.369 e. The summed E-state index contributed by atoms with van der Waals surface area (Å²) in [6.45, 7) is 1.13. The Morgan fingerprint density at radius 3 is 2.15 bits per heavy atom. The molecule has 0 saturated carbocycles. The molecule has 0 aliphatic carbocycles. The smallest absolute Gasteiger partial charge is 0.295 e. The summed E-state index contributed by atoms with van der Waals surface area (Å²) in [4.78, 5) is 27.6. The molecule has 0 amide bonds. The molecular formula is C34H26ClN5O5S. The first-order valence-corrected chi connectivity index (χ1v) is 16.3. The maximum Gasteiger partial charge on any atom is 0.295 e. The Labute approximate surface area is 268 Å². The number of nitrogens with zero attached hydrogens (tertiary/aromatic N) is 5. The van der Waals surface area contributed by atoms with E-state index < -0.39 is 20.5 Å². The lowest BCUT2D eigenvalue weighted by atomic mass is 10.0. The van der Waals surface area contributed by atoms with Crippen LogP contribution in [0.4, 0.5) is 11.4 Å². The molecule has 46 heavy (non-hydrogen) atoms. The lowest BCUT2D eigenvalue weighted by molar-refractivity contribution is -0.384. The number of aromatic nitrogens is 2. The van der Waals surface area contributed by atoms with E-state index in [-0.39, 0.29) is 29.4 Å². The van der Waals surface area contributed by atoms with Crippen LogP contribution in [0, 0.1) is 10.1 Å². The molecule has 1 aliphatic heterocycles. The van der Waals surface area contributed by atoms with E-state index in [2.05, 4.69) is 5.10 Å². The van der Waals surface area contributed by atoms with Crippen molar-refractivity contribution in [3.8, 4) is 16.9 Å². The van der Waals surface area contributed by atoms with Crippen LogP contribution in [0.3, 0.4) is 0 Å². The highest BCUT2D eigenvalue weighted by Gasteiger charge is 2.30. The molecule has 5 aromatic carbocycles. The van der Waals surface area contributed by atoms with Gasteiger partial charge in [-0.2, -0.15) is 14.1 Å². The molecule has 1 fully saturated rings. The van der Waals surface area contributed by atoms with Gasteiger partial charge >= 0.3 is 0 Å². The second-order valence-electron chi connectivity index (χ2n) is 10.9. The summed E-state index contributed by atoms with van der Waals surface area (Å²) in [5, 5.41) is 20.1. The van der Waals surface area contributed by atoms with Crippen molar-refractivity contribution in [3.63, 3.8) is 0 Å². The molecule has 10 nitrogen and oxygen atoms in total. The SMILES string of the molecule is O=c1c2ccccc2c(-c2ccc(Cl)cc2)nn1-c1cc(N2CCN(S(=O)(=O)c3ccc4ccccc4c3)CC2)ccc1[N+](=O)[O-]. The number of fused-ring (bicyclic) bond motifs is 2. The molecule has 0 radical (unpaired) electrons. The third kappa shape index (κ3) is 5.28. The van der Waals surface area contributed by atoms with Crippen LogP contribution in [0.25, 0.3) is 38.5 Å². The minimum Gasteiger partial charge on any atom is -0.369 e. The number of benzene rings is 5. The van der Waals surface area contributed by atoms with E-state index in [4.69, 9.17) is 11.6 Å². The molecule has 0 atom stereocenters. The Balaban J connectivity index is 1.24. The predicted molar refractivity (Wildman–Crippen MR) is 179 cm³/mol. The number of nitro benzene ring substituents is 1. The second kappa shape index (κ2) is 11.7. The molecule has 0 N–H and O–H groups in total. The first kappa shape index (κ1) is 29.6. The minimum atomic E-state index is -3.73. The number of rotatable bonds is 6. The minimum absolute atomic E-state index is 0.0136. The van der Waals surface area contributed by atoms with Gasteiger partial charge in [0.15, 0.2) is 0 Å². The molecule has 2 heterocycles. The van der Waals surface area contributed by atoms with E-state index in [9.17, 15) is 23.3 Å². The van der Waals surface area contributed by atoms with Crippen molar-refractivity contribution in [3.05, 3.63) is 135 Å². The maximum atomic E-state index is 13.8. The van der Waals surface area contributed by atoms with Crippen LogP contribution in [0.1, 0.15) is 0 Å². The molecule has 6 aromatic rings. The Morgan fingerprint density at radius 1 is 0.761 bits per heavy atom. The average Bonchev–Trinajstić information content (AvgIpc) is 3.08. The number of hydrogen-bond donors (Lipinski definition) is 0. The standard InChI is InChI=1S/C34H26ClN5O5S/c35-26-12-9-24(10-13-26)33-29-7-3-4-8-30(29)34(41)39(36-33)32-22-27(14-16-31(32)40(42)43)37-17-19-38(20-18-37)46(44,45)28-15-11-23-5-1-2-6-25(23)21-28/h1-16,21-22H,17-20H2. The van der Waals surface area contributed by atoms with Gasteiger partial charge in [0.05, 0.1) is 20.9 Å². The van der Waals surface area contributed by atoms with Gasteiger partial charge in [0.2, 0.25) is 10.0 Å². The molecule has 12 heteroatoms. The van der Waals surface area contributed by atoms with Crippen LogP contribution in [-0.2, 0) is 10.0 Å². The number of nitro groups is 1. The third-order valence-electron chi connectivity index (χ3n) is 8.27. The summed E-state index contributed by atoms with van der Waals surface area (Å²) >= 11 is 6.11. The van der Waals surface area contributed by atoms with Gasteiger partial charge in [-0.05, 0) is 53.2 Å². The van der Waals surface area contributed by atoms with Crippen LogP contribution in [0.15, 0.2) is 119 Å². The van der Waals surface area contributed by atoms with Crippen molar-refractivity contribution < 1.29 is 13.3 Å². The molecule has 230 valence electrons. The van der Waals surface area contributed by atoms with Gasteiger partial charge in [0, 0.05) is 53.9 Å². The number of halogens is 1. The van der Waals surface area contributed by atoms with E-state index >= 15 is 0 Å². The highest BCUT2D eigenvalue weighted by Crippen LogP contribution is 2.32. The summed E-state index contributed by atoms with van der Waals surface area (Å²) < 4.78 is 29.6. The van der Waals surface area contributed by atoms with Crippen LogP contribution in [0.2, 0.25) is 5.02 Å². The highest BCUT2D eigenvalue weighted by atomic mass is 35.5. The van der Waals surface area contributed by atoms with E-state index in [0.717, 1.165) is 15.5 Å². The lowest BCUT2D eigenvalue weighted by Crippen LogP contribution is -2.48. The predicted octanol–water partition coefficient (Wildman–Crippen LogP) is 6.28. The monoisotopic (exact) mass is 651 g/mol. The fourth-order valence-electron chi connectivity index (χ4n) is 5.87. The van der Waals surface area contributed by atoms with Crippen molar-refractivity contribution in [2.75, 3.05) is 31.1 Å². The van der Waals surface area contributed by atoms with Gasteiger partial charge < -0.3 is 4.90 Å². The van der Waals surface area contributed by atoms with Crippen molar-refractivity contribution in [1.82, 2.24) is 14.1 Å². The van der Waals surface area contributed by atoms with Crippen molar-refractivity contribution in [2.45, 2.75) is 4.90 Å². The van der Waals surface area contributed by atoms with Gasteiger partial charge in [-0.15, -0.1) is 0 Å². The Morgan fingerprint density at radius 2 is 1.43 bits per heavy atom. The molecular weight excluding hydrogens is 626 g/mol. The number of sulfonamides is 1. The fourth-order valence-corrected chi connectivity index (χ4v) is 7.45. The molecule has 0 bridgehead atoms.